The molecule has 1 aliphatic heterocycles. The van der Waals surface area contributed by atoms with Crippen molar-refractivity contribution in [3.63, 3.8) is 0 Å². The van der Waals surface area contributed by atoms with Crippen LogP contribution in [-0.4, -0.2) is 29.4 Å². The average molecular weight is 485 g/mol. The van der Waals surface area contributed by atoms with E-state index < -0.39 is 46.3 Å². The molecule has 1 aliphatic rings. The van der Waals surface area contributed by atoms with Crippen molar-refractivity contribution in [2.24, 2.45) is 0 Å². The molecule has 0 saturated heterocycles. The lowest BCUT2D eigenvalue weighted by Gasteiger charge is -2.34. The van der Waals surface area contributed by atoms with Crippen LogP contribution in [0.1, 0.15) is 27.7 Å². The second-order valence-electron chi connectivity index (χ2n) is 6.85. The summed E-state index contributed by atoms with van der Waals surface area (Å²) >= 11 is 2.95. The van der Waals surface area contributed by atoms with E-state index in [1.165, 1.54) is 7.05 Å². The number of amides is 1. The summed E-state index contributed by atoms with van der Waals surface area (Å²) in [6.07, 6.45) is 0. The number of aromatic nitrogens is 1. The predicted octanol–water partition coefficient (Wildman–Crippen LogP) is 4.19. The van der Waals surface area contributed by atoms with Crippen molar-refractivity contribution < 1.29 is 27.1 Å². The summed E-state index contributed by atoms with van der Waals surface area (Å²) in [6, 6.07) is 2.65. The Morgan fingerprint density at radius 2 is 1.67 bits per heavy atom. The molecule has 4 rings (SSSR count). The maximum absolute atomic E-state index is 14.3. The molecule has 1 atom stereocenters. The number of fused-ring (bicyclic) bond motifs is 3. The number of aromatic amines is 1. The first-order valence-electron chi connectivity index (χ1n) is 8.72. The van der Waals surface area contributed by atoms with E-state index in [0.717, 1.165) is 29.2 Å². The molecule has 3 aromatic rings. The fraction of sp³-hybridized carbons (Fsp3) is 0.200. The SMILES string of the molecule is CN(C(=O)c1c(F)cc(Br)cc1F)[C@H]1COCc2[nH]c(=O)c3cc(F)c(F)cc3c21. The van der Waals surface area contributed by atoms with Crippen molar-refractivity contribution in [3.8, 4) is 0 Å². The van der Waals surface area contributed by atoms with Gasteiger partial charge in [0.2, 0.25) is 0 Å². The molecule has 0 aliphatic carbocycles. The van der Waals surface area contributed by atoms with Gasteiger partial charge in [-0.1, -0.05) is 15.9 Å². The minimum absolute atomic E-state index is 0.0287. The summed E-state index contributed by atoms with van der Waals surface area (Å²) in [5, 5.41) is -0.0150. The number of likely N-dealkylation sites (N-methyl/N-ethyl adjacent to an activating group) is 1. The quantitative estimate of drug-likeness (QED) is 0.554. The van der Waals surface area contributed by atoms with E-state index in [-0.39, 0.29) is 34.2 Å². The van der Waals surface area contributed by atoms with Crippen LogP contribution in [0.4, 0.5) is 17.6 Å². The Labute approximate surface area is 175 Å². The molecule has 0 saturated carbocycles. The summed E-state index contributed by atoms with van der Waals surface area (Å²) in [6.45, 7) is -0.103. The molecule has 1 aromatic heterocycles. The van der Waals surface area contributed by atoms with E-state index in [2.05, 4.69) is 20.9 Å². The number of hydrogen-bond donors (Lipinski definition) is 1. The van der Waals surface area contributed by atoms with Gasteiger partial charge in [0.25, 0.3) is 11.5 Å². The molecule has 0 unspecified atom stereocenters. The lowest BCUT2D eigenvalue weighted by Crippen LogP contribution is -2.38. The number of nitrogens with zero attached hydrogens (tertiary/aromatic N) is 1. The molecule has 30 heavy (non-hydrogen) atoms. The highest BCUT2D eigenvalue weighted by Gasteiger charge is 2.33. The third-order valence-electron chi connectivity index (χ3n) is 5.05. The number of hydrogen-bond acceptors (Lipinski definition) is 3. The lowest BCUT2D eigenvalue weighted by atomic mass is 9.95. The molecule has 0 bridgehead atoms. The zero-order chi connectivity index (χ0) is 21.7. The summed E-state index contributed by atoms with van der Waals surface area (Å²) in [5.74, 6) is -5.45. The number of rotatable bonds is 2. The van der Waals surface area contributed by atoms with Gasteiger partial charge in [-0.2, -0.15) is 0 Å². The second-order valence-corrected chi connectivity index (χ2v) is 7.77. The van der Waals surface area contributed by atoms with Crippen molar-refractivity contribution >= 4 is 32.6 Å². The molecule has 0 fully saturated rings. The number of pyridine rings is 1. The number of carbonyl (C=O) groups excluding carboxylic acids is 1. The van der Waals surface area contributed by atoms with Crippen molar-refractivity contribution in [1.82, 2.24) is 9.88 Å². The van der Waals surface area contributed by atoms with Crippen LogP contribution in [0.15, 0.2) is 33.5 Å². The summed E-state index contributed by atoms with van der Waals surface area (Å²) in [5.41, 5.74) is -0.820. The summed E-state index contributed by atoms with van der Waals surface area (Å²) in [4.78, 5) is 28.8. The first-order valence-corrected chi connectivity index (χ1v) is 9.51. The van der Waals surface area contributed by atoms with Gasteiger partial charge in [0.15, 0.2) is 11.6 Å². The first kappa shape index (κ1) is 20.5. The first-order chi connectivity index (χ1) is 14.2. The maximum Gasteiger partial charge on any atom is 0.260 e. The Hall–Kier alpha value is -2.72. The van der Waals surface area contributed by atoms with Gasteiger partial charge < -0.3 is 14.6 Å². The van der Waals surface area contributed by atoms with E-state index in [1.807, 2.05) is 0 Å². The van der Waals surface area contributed by atoms with Gasteiger partial charge in [0, 0.05) is 22.8 Å². The predicted molar refractivity (Wildman–Crippen MR) is 103 cm³/mol. The van der Waals surface area contributed by atoms with Crippen LogP contribution >= 0.6 is 15.9 Å². The molecule has 5 nitrogen and oxygen atoms in total. The van der Waals surface area contributed by atoms with Gasteiger partial charge in [-0.05, 0) is 29.7 Å². The molecular weight excluding hydrogens is 472 g/mol. The number of benzene rings is 2. The largest absolute Gasteiger partial charge is 0.373 e. The third-order valence-corrected chi connectivity index (χ3v) is 5.51. The smallest absolute Gasteiger partial charge is 0.260 e. The molecule has 2 heterocycles. The van der Waals surface area contributed by atoms with Crippen LogP contribution in [0.2, 0.25) is 0 Å². The molecular formula is C20H13BrF4N2O3. The maximum atomic E-state index is 14.3. The van der Waals surface area contributed by atoms with E-state index in [0.29, 0.717) is 5.56 Å². The fourth-order valence-electron chi connectivity index (χ4n) is 3.61. The molecule has 10 heteroatoms. The monoisotopic (exact) mass is 484 g/mol. The second kappa shape index (κ2) is 7.51. The lowest BCUT2D eigenvalue weighted by molar-refractivity contribution is 0.0330. The number of halogens is 5. The Morgan fingerprint density at radius 3 is 2.30 bits per heavy atom. The Morgan fingerprint density at radius 1 is 1.07 bits per heavy atom. The minimum atomic E-state index is -1.19. The molecule has 2 aromatic carbocycles. The van der Waals surface area contributed by atoms with Crippen molar-refractivity contribution in [2.75, 3.05) is 13.7 Å². The van der Waals surface area contributed by atoms with Gasteiger partial charge in [-0.15, -0.1) is 0 Å². The van der Waals surface area contributed by atoms with Crippen molar-refractivity contribution in [1.29, 1.82) is 0 Å². The minimum Gasteiger partial charge on any atom is -0.373 e. The molecule has 1 N–H and O–H groups in total. The fourth-order valence-corrected chi connectivity index (χ4v) is 4.01. The van der Waals surface area contributed by atoms with E-state index in [9.17, 15) is 27.2 Å². The average Bonchev–Trinajstić information content (AvgIpc) is 2.67. The standard InChI is InChI=1S/C20H13BrF4N2O3/c1-27(20(29)18-13(24)2-8(21)3-14(18)25)16-7-30-6-15-17(16)9-4-11(22)12(23)5-10(9)19(28)26-15/h2-5,16H,6-7H2,1H3,(H,26,28)/t16-/m0/s1. The molecule has 0 spiro atoms. The van der Waals surface area contributed by atoms with Gasteiger partial charge in [-0.25, -0.2) is 17.6 Å². The van der Waals surface area contributed by atoms with Gasteiger partial charge >= 0.3 is 0 Å². The Bertz CT molecular complexity index is 1240. The van der Waals surface area contributed by atoms with Crippen LogP contribution in [-0.2, 0) is 11.3 Å². The number of H-pyrrole nitrogens is 1. The Kier molecular flexibility index (Phi) is 5.15. The van der Waals surface area contributed by atoms with Crippen LogP contribution in [0, 0.1) is 23.3 Å². The van der Waals surface area contributed by atoms with Crippen LogP contribution in [0.25, 0.3) is 10.8 Å². The zero-order valence-electron chi connectivity index (χ0n) is 15.4. The number of nitrogens with one attached hydrogen (secondary N) is 1. The summed E-state index contributed by atoms with van der Waals surface area (Å²) < 4.78 is 61.8. The number of carbonyl (C=O) groups is 1. The normalized spacial score (nSPS) is 15.9. The Balaban J connectivity index is 1.87. The topological polar surface area (TPSA) is 62.4 Å². The number of ether oxygens (including phenoxy) is 1. The zero-order valence-corrected chi connectivity index (χ0v) is 16.9. The van der Waals surface area contributed by atoms with Gasteiger partial charge in [-0.3, -0.25) is 9.59 Å². The van der Waals surface area contributed by atoms with Crippen LogP contribution in [0.5, 0.6) is 0 Å². The summed E-state index contributed by atoms with van der Waals surface area (Å²) in [7, 11) is 1.31. The highest BCUT2D eigenvalue weighted by Crippen LogP contribution is 2.34. The highest BCUT2D eigenvalue weighted by atomic mass is 79.9. The van der Waals surface area contributed by atoms with Crippen molar-refractivity contribution in [2.45, 2.75) is 12.6 Å². The van der Waals surface area contributed by atoms with Gasteiger partial charge in [0.05, 0.1) is 24.6 Å². The van der Waals surface area contributed by atoms with E-state index >= 15 is 0 Å². The van der Waals surface area contributed by atoms with E-state index in [1.54, 1.807) is 0 Å². The highest BCUT2D eigenvalue weighted by molar-refractivity contribution is 9.10. The molecule has 156 valence electrons. The van der Waals surface area contributed by atoms with Crippen molar-refractivity contribution in [3.05, 3.63) is 79.2 Å². The van der Waals surface area contributed by atoms with Crippen LogP contribution in [0.3, 0.4) is 0 Å². The van der Waals surface area contributed by atoms with Gasteiger partial charge in [0.1, 0.15) is 17.2 Å². The van der Waals surface area contributed by atoms with Crippen LogP contribution < -0.4 is 5.56 Å². The molecule has 0 radical (unpaired) electrons. The molecule has 1 amide bonds. The van der Waals surface area contributed by atoms with E-state index in [4.69, 9.17) is 4.74 Å². The third kappa shape index (κ3) is 3.29.